The van der Waals surface area contributed by atoms with Crippen LogP contribution < -0.4 is 11.1 Å². The molecule has 0 aliphatic rings. The van der Waals surface area contributed by atoms with Crippen LogP contribution in [0.1, 0.15) is 30.9 Å². The number of amides is 1. The number of hydrogen-bond acceptors (Lipinski definition) is 5. The van der Waals surface area contributed by atoms with Gasteiger partial charge < -0.3 is 20.2 Å². The molecule has 120 valence electrons. The largest absolute Gasteiger partial charge is 0.465 e. The lowest BCUT2D eigenvalue weighted by Crippen LogP contribution is -2.44. The first kappa shape index (κ1) is 17.7. The molecule has 6 heteroatoms. The predicted molar refractivity (Wildman–Crippen MR) is 82.0 cm³/mol. The molecule has 3 N–H and O–H groups in total. The first-order valence-corrected chi connectivity index (χ1v) is 7.27. The van der Waals surface area contributed by atoms with E-state index in [4.69, 9.17) is 14.9 Å². The molecule has 0 radical (unpaired) electrons. The lowest BCUT2D eigenvalue weighted by atomic mass is 10.0. The third-order valence-corrected chi connectivity index (χ3v) is 3.43. The van der Waals surface area contributed by atoms with E-state index in [1.165, 1.54) is 0 Å². The standard InChI is InChI=1S/C15H27N3O3/c1-5-12(16)15(13-7-6-11(2)21-13)18(3)10-14(19)17-8-9-20-4/h6-7,12,15H,5,8-10,16H2,1-4H3,(H,17,19). The van der Waals surface area contributed by atoms with Crippen molar-refractivity contribution in [2.45, 2.75) is 32.4 Å². The summed E-state index contributed by atoms with van der Waals surface area (Å²) >= 11 is 0. The van der Waals surface area contributed by atoms with E-state index in [9.17, 15) is 4.79 Å². The van der Waals surface area contributed by atoms with Crippen molar-refractivity contribution in [2.75, 3.05) is 33.9 Å². The van der Waals surface area contributed by atoms with E-state index in [0.717, 1.165) is 17.9 Å². The molecule has 0 aliphatic carbocycles. The van der Waals surface area contributed by atoms with Gasteiger partial charge in [-0.25, -0.2) is 0 Å². The topological polar surface area (TPSA) is 80.7 Å². The Bertz CT molecular complexity index is 434. The first-order chi connectivity index (χ1) is 9.99. The lowest BCUT2D eigenvalue weighted by molar-refractivity contribution is -0.122. The van der Waals surface area contributed by atoms with Gasteiger partial charge in [0, 0.05) is 19.7 Å². The van der Waals surface area contributed by atoms with Crippen LogP contribution in [-0.4, -0.2) is 50.7 Å². The number of aryl methyl sites for hydroxylation is 1. The smallest absolute Gasteiger partial charge is 0.234 e. The number of carbonyl (C=O) groups is 1. The number of nitrogens with zero attached hydrogens (tertiary/aromatic N) is 1. The Kier molecular flexibility index (Phi) is 7.42. The minimum absolute atomic E-state index is 0.0499. The summed E-state index contributed by atoms with van der Waals surface area (Å²) in [5.41, 5.74) is 6.20. The molecule has 1 aromatic rings. The van der Waals surface area contributed by atoms with Crippen LogP contribution in [0.25, 0.3) is 0 Å². The van der Waals surface area contributed by atoms with Crippen LogP contribution in [0.15, 0.2) is 16.5 Å². The summed E-state index contributed by atoms with van der Waals surface area (Å²) in [4.78, 5) is 13.8. The highest BCUT2D eigenvalue weighted by atomic mass is 16.5. The van der Waals surface area contributed by atoms with E-state index in [-0.39, 0.29) is 24.5 Å². The zero-order valence-corrected chi connectivity index (χ0v) is 13.4. The number of furan rings is 1. The lowest BCUT2D eigenvalue weighted by Gasteiger charge is -2.30. The quantitative estimate of drug-likeness (QED) is 0.666. The zero-order valence-electron chi connectivity index (χ0n) is 13.4. The van der Waals surface area contributed by atoms with Crippen molar-refractivity contribution in [3.05, 3.63) is 23.7 Å². The number of ether oxygens (including phenoxy) is 1. The van der Waals surface area contributed by atoms with Crippen molar-refractivity contribution in [3.8, 4) is 0 Å². The maximum atomic E-state index is 11.9. The maximum absolute atomic E-state index is 11.9. The van der Waals surface area contributed by atoms with Gasteiger partial charge in [0.15, 0.2) is 0 Å². The summed E-state index contributed by atoms with van der Waals surface area (Å²) in [6, 6.07) is 3.63. The monoisotopic (exact) mass is 297 g/mol. The highest BCUT2D eigenvalue weighted by Crippen LogP contribution is 2.25. The van der Waals surface area contributed by atoms with Crippen molar-refractivity contribution in [1.29, 1.82) is 0 Å². The van der Waals surface area contributed by atoms with Crippen molar-refractivity contribution in [2.24, 2.45) is 5.73 Å². The fraction of sp³-hybridized carbons (Fsp3) is 0.667. The van der Waals surface area contributed by atoms with Crippen LogP contribution in [0.3, 0.4) is 0 Å². The van der Waals surface area contributed by atoms with Crippen LogP contribution in [0.5, 0.6) is 0 Å². The second kappa shape index (κ2) is 8.81. The van der Waals surface area contributed by atoms with Gasteiger partial charge in [-0.2, -0.15) is 0 Å². The molecule has 6 nitrogen and oxygen atoms in total. The molecule has 0 spiro atoms. The number of nitrogens with two attached hydrogens (primary N) is 1. The van der Waals surface area contributed by atoms with Gasteiger partial charge in [-0.3, -0.25) is 9.69 Å². The van der Waals surface area contributed by atoms with Gasteiger partial charge in [0.2, 0.25) is 5.91 Å². The number of nitrogens with one attached hydrogen (secondary N) is 1. The minimum atomic E-state index is -0.114. The van der Waals surface area contributed by atoms with E-state index in [0.29, 0.717) is 13.2 Å². The Labute approximate surface area is 126 Å². The molecular weight excluding hydrogens is 270 g/mol. The predicted octanol–water partition coefficient (Wildman–Crippen LogP) is 1.06. The van der Waals surface area contributed by atoms with Gasteiger partial charge in [-0.15, -0.1) is 0 Å². The normalized spacial score (nSPS) is 14.2. The van der Waals surface area contributed by atoms with Crippen molar-refractivity contribution < 1.29 is 13.9 Å². The third-order valence-electron chi connectivity index (χ3n) is 3.43. The second-order valence-corrected chi connectivity index (χ2v) is 5.22. The van der Waals surface area contributed by atoms with Crippen molar-refractivity contribution in [3.63, 3.8) is 0 Å². The van der Waals surface area contributed by atoms with E-state index in [2.05, 4.69) is 5.32 Å². The van der Waals surface area contributed by atoms with Crippen molar-refractivity contribution in [1.82, 2.24) is 10.2 Å². The third kappa shape index (κ3) is 5.49. The molecule has 2 atom stereocenters. The van der Waals surface area contributed by atoms with Gasteiger partial charge in [-0.05, 0) is 32.5 Å². The Morgan fingerprint density at radius 2 is 2.24 bits per heavy atom. The van der Waals surface area contributed by atoms with Crippen LogP contribution in [0.4, 0.5) is 0 Å². The molecule has 0 aromatic carbocycles. The van der Waals surface area contributed by atoms with E-state index in [1.54, 1.807) is 7.11 Å². The fourth-order valence-electron chi connectivity index (χ4n) is 2.26. The molecule has 21 heavy (non-hydrogen) atoms. The molecule has 0 saturated carbocycles. The molecule has 1 aromatic heterocycles. The van der Waals surface area contributed by atoms with Crippen LogP contribution in [0.2, 0.25) is 0 Å². The van der Waals surface area contributed by atoms with E-state index < -0.39 is 0 Å². The zero-order chi connectivity index (χ0) is 15.8. The van der Waals surface area contributed by atoms with Gasteiger partial charge in [-0.1, -0.05) is 6.92 Å². The summed E-state index contributed by atoms with van der Waals surface area (Å²) in [5, 5.41) is 2.81. The SMILES string of the molecule is CCC(N)C(c1ccc(C)o1)N(C)CC(=O)NCCOC. The van der Waals surface area contributed by atoms with Crippen LogP contribution in [0, 0.1) is 6.92 Å². The fourth-order valence-corrected chi connectivity index (χ4v) is 2.26. The molecule has 0 fully saturated rings. The minimum Gasteiger partial charge on any atom is -0.465 e. The van der Waals surface area contributed by atoms with Gasteiger partial charge >= 0.3 is 0 Å². The number of rotatable bonds is 9. The molecular formula is C15H27N3O3. The number of likely N-dealkylation sites (N-methyl/N-ethyl adjacent to an activating group) is 1. The summed E-state index contributed by atoms with van der Waals surface area (Å²) in [6.07, 6.45) is 0.806. The average Bonchev–Trinajstić information content (AvgIpc) is 2.85. The Hall–Kier alpha value is -1.37. The maximum Gasteiger partial charge on any atom is 0.234 e. The van der Waals surface area contributed by atoms with Gasteiger partial charge in [0.25, 0.3) is 0 Å². The highest BCUT2D eigenvalue weighted by Gasteiger charge is 2.27. The number of carbonyl (C=O) groups excluding carboxylic acids is 1. The molecule has 1 amide bonds. The molecule has 0 bridgehead atoms. The summed E-state index contributed by atoms with van der Waals surface area (Å²) in [5.74, 6) is 1.59. The highest BCUT2D eigenvalue weighted by molar-refractivity contribution is 5.78. The summed E-state index contributed by atoms with van der Waals surface area (Å²) in [7, 11) is 3.49. The van der Waals surface area contributed by atoms with Crippen LogP contribution in [-0.2, 0) is 9.53 Å². The number of hydrogen-bond donors (Lipinski definition) is 2. The van der Waals surface area contributed by atoms with Crippen LogP contribution >= 0.6 is 0 Å². The Morgan fingerprint density at radius 3 is 2.76 bits per heavy atom. The first-order valence-electron chi connectivity index (χ1n) is 7.27. The number of methoxy groups -OCH3 is 1. The molecule has 0 aliphatic heterocycles. The van der Waals surface area contributed by atoms with E-state index in [1.807, 2.05) is 37.9 Å². The van der Waals surface area contributed by atoms with Gasteiger partial charge in [0.1, 0.15) is 11.5 Å². The average molecular weight is 297 g/mol. The summed E-state index contributed by atoms with van der Waals surface area (Å²) in [6.45, 7) is 5.20. The molecule has 1 heterocycles. The molecule has 0 saturated heterocycles. The Morgan fingerprint density at radius 1 is 1.52 bits per heavy atom. The Balaban J connectivity index is 2.68. The van der Waals surface area contributed by atoms with Crippen molar-refractivity contribution >= 4 is 5.91 Å². The van der Waals surface area contributed by atoms with E-state index >= 15 is 0 Å². The second-order valence-electron chi connectivity index (χ2n) is 5.22. The molecule has 1 rings (SSSR count). The molecule has 2 unspecified atom stereocenters. The summed E-state index contributed by atoms with van der Waals surface area (Å²) < 4.78 is 10.6. The van der Waals surface area contributed by atoms with Gasteiger partial charge in [0.05, 0.1) is 19.2 Å².